The number of amides is 2. The first-order valence-electron chi connectivity index (χ1n) is 7.93. The van der Waals surface area contributed by atoms with Crippen LogP contribution >= 0.6 is 0 Å². The third kappa shape index (κ3) is 3.38. The van der Waals surface area contributed by atoms with Gasteiger partial charge in [-0.1, -0.05) is 12.1 Å². The smallest absolute Gasteiger partial charge is 0.318 e. The standard InChI is InChI=1S/C16H20FN5O2/c1-2-22-15(19-10-20-22)8-18-16(24)21-9-13(23)7-14(21)11-4-3-5-12(17)6-11/h3-6,10,13-14,23H,2,7-9H2,1H3,(H,18,24)/t13-,14-/m1/s1. The molecule has 2 N–H and O–H groups in total. The monoisotopic (exact) mass is 333 g/mol. The van der Waals surface area contributed by atoms with Crippen molar-refractivity contribution in [1.82, 2.24) is 25.0 Å². The zero-order valence-electron chi connectivity index (χ0n) is 13.4. The number of hydrogen-bond acceptors (Lipinski definition) is 4. The van der Waals surface area contributed by atoms with Crippen molar-refractivity contribution in [3.8, 4) is 0 Å². The van der Waals surface area contributed by atoms with Crippen LogP contribution in [0.1, 0.15) is 30.8 Å². The van der Waals surface area contributed by atoms with Crippen molar-refractivity contribution in [3.63, 3.8) is 0 Å². The van der Waals surface area contributed by atoms with Gasteiger partial charge in [-0.25, -0.2) is 18.9 Å². The van der Waals surface area contributed by atoms with E-state index < -0.39 is 6.10 Å². The van der Waals surface area contributed by atoms with Gasteiger partial charge in [0.1, 0.15) is 18.0 Å². The van der Waals surface area contributed by atoms with Crippen molar-refractivity contribution in [2.24, 2.45) is 0 Å². The van der Waals surface area contributed by atoms with Crippen LogP contribution in [0, 0.1) is 5.82 Å². The summed E-state index contributed by atoms with van der Waals surface area (Å²) in [5, 5.41) is 16.8. The molecule has 8 heteroatoms. The van der Waals surface area contributed by atoms with Crippen LogP contribution in [-0.4, -0.2) is 43.5 Å². The number of nitrogens with zero attached hydrogens (tertiary/aromatic N) is 4. The lowest BCUT2D eigenvalue weighted by atomic mass is 10.0. The zero-order valence-corrected chi connectivity index (χ0v) is 13.4. The fourth-order valence-electron chi connectivity index (χ4n) is 3.01. The van der Waals surface area contributed by atoms with E-state index in [-0.39, 0.29) is 31.0 Å². The Balaban J connectivity index is 1.70. The van der Waals surface area contributed by atoms with Crippen molar-refractivity contribution in [2.45, 2.75) is 38.6 Å². The van der Waals surface area contributed by atoms with Gasteiger partial charge in [-0.05, 0) is 31.0 Å². The van der Waals surface area contributed by atoms with E-state index in [0.717, 1.165) is 0 Å². The van der Waals surface area contributed by atoms with Gasteiger partial charge >= 0.3 is 6.03 Å². The van der Waals surface area contributed by atoms with Gasteiger partial charge in [0.25, 0.3) is 0 Å². The number of aryl methyl sites for hydroxylation is 1. The number of aliphatic hydroxyl groups is 1. The number of halogens is 1. The van der Waals surface area contributed by atoms with Crippen LogP contribution in [0.15, 0.2) is 30.6 Å². The third-order valence-corrected chi connectivity index (χ3v) is 4.17. The molecular formula is C16H20FN5O2. The number of urea groups is 1. The van der Waals surface area contributed by atoms with Crippen molar-refractivity contribution in [3.05, 3.63) is 47.8 Å². The van der Waals surface area contributed by atoms with Crippen LogP contribution in [0.4, 0.5) is 9.18 Å². The normalized spacial score (nSPS) is 20.4. The highest BCUT2D eigenvalue weighted by Gasteiger charge is 2.35. The molecule has 0 aliphatic carbocycles. The van der Waals surface area contributed by atoms with Crippen molar-refractivity contribution >= 4 is 6.03 Å². The molecular weight excluding hydrogens is 313 g/mol. The first-order valence-corrected chi connectivity index (χ1v) is 7.93. The summed E-state index contributed by atoms with van der Waals surface area (Å²) in [5.41, 5.74) is 0.679. The van der Waals surface area contributed by atoms with E-state index >= 15 is 0 Å². The number of aliphatic hydroxyl groups excluding tert-OH is 1. The average molecular weight is 333 g/mol. The van der Waals surface area contributed by atoms with Crippen LogP contribution in [0.25, 0.3) is 0 Å². The molecule has 2 heterocycles. The Hall–Kier alpha value is -2.48. The van der Waals surface area contributed by atoms with Gasteiger partial charge in [0.05, 0.1) is 18.7 Å². The van der Waals surface area contributed by atoms with Crippen molar-refractivity contribution in [1.29, 1.82) is 0 Å². The maximum atomic E-state index is 13.5. The second-order valence-corrected chi connectivity index (χ2v) is 5.76. The molecule has 1 aliphatic rings. The molecule has 128 valence electrons. The molecule has 7 nitrogen and oxygen atoms in total. The first-order chi connectivity index (χ1) is 11.6. The second kappa shape index (κ2) is 6.96. The Morgan fingerprint density at radius 1 is 1.50 bits per heavy atom. The molecule has 3 rings (SSSR count). The largest absolute Gasteiger partial charge is 0.391 e. The lowest BCUT2D eigenvalue weighted by Gasteiger charge is -2.25. The molecule has 2 atom stereocenters. The van der Waals surface area contributed by atoms with Gasteiger partial charge in [-0.3, -0.25) is 0 Å². The van der Waals surface area contributed by atoms with E-state index in [0.29, 0.717) is 24.4 Å². The fraction of sp³-hybridized carbons (Fsp3) is 0.438. The minimum absolute atomic E-state index is 0.216. The Kier molecular flexibility index (Phi) is 4.75. The molecule has 0 saturated carbocycles. The molecule has 0 bridgehead atoms. The first kappa shape index (κ1) is 16.4. The molecule has 1 aliphatic heterocycles. The lowest BCUT2D eigenvalue weighted by molar-refractivity contribution is 0.169. The maximum absolute atomic E-state index is 13.5. The highest BCUT2D eigenvalue weighted by molar-refractivity contribution is 5.75. The van der Waals surface area contributed by atoms with Crippen molar-refractivity contribution in [2.75, 3.05) is 6.54 Å². The second-order valence-electron chi connectivity index (χ2n) is 5.76. The number of likely N-dealkylation sites (tertiary alicyclic amines) is 1. The van der Waals surface area contributed by atoms with Crippen LogP contribution in [-0.2, 0) is 13.1 Å². The van der Waals surface area contributed by atoms with Crippen LogP contribution in [0.5, 0.6) is 0 Å². The Morgan fingerprint density at radius 2 is 2.33 bits per heavy atom. The lowest BCUT2D eigenvalue weighted by Crippen LogP contribution is -2.40. The minimum atomic E-state index is -0.622. The SMILES string of the molecule is CCn1ncnc1CNC(=O)N1C[C@H](O)C[C@@H]1c1cccc(F)c1. The molecule has 1 aromatic heterocycles. The molecule has 0 radical (unpaired) electrons. The Morgan fingerprint density at radius 3 is 3.08 bits per heavy atom. The van der Waals surface area contributed by atoms with Gasteiger partial charge in [-0.15, -0.1) is 0 Å². The van der Waals surface area contributed by atoms with E-state index in [2.05, 4.69) is 15.4 Å². The van der Waals surface area contributed by atoms with E-state index in [1.165, 1.54) is 23.4 Å². The number of nitrogens with one attached hydrogen (secondary N) is 1. The number of rotatable bonds is 4. The van der Waals surface area contributed by atoms with Crippen LogP contribution in [0.2, 0.25) is 0 Å². The summed E-state index contributed by atoms with van der Waals surface area (Å²) in [4.78, 5) is 18.1. The van der Waals surface area contributed by atoms with E-state index in [4.69, 9.17) is 0 Å². The molecule has 24 heavy (non-hydrogen) atoms. The predicted molar refractivity (Wildman–Crippen MR) is 84.4 cm³/mol. The third-order valence-electron chi connectivity index (χ3n) is 4.17. The molecule has 1 saturated heterocycles. The number of hydrogen-bond donors (Lipinski definition) is 2. The quantitative estimate of drug-likeness (QED) is 0.887. The minimum Gasteiger partial charge on any atom is -0.391 e. The molecule has 0 unspecified atom stereocenters. The van der Waals surface area contributed by atoms with E-state index in [1.807, 2.05) is 6.92 Å². The molecule has 1 fully saturated rings. The Labute approximate surface area is 139 Å². The maximum Gasteiger partial charge on any atom is 0.318 e. The predicted octanol–water partition coefficient (Wildman–Crippen LogP) is 1.45. The molecule has 0 spiro atoms. The summed E-state index contributed by atoms with van der Waals surface area (Å²) in [6.07, 6.45) is 1.21. The van der Waals surface area contributed by atoms with Crippen LogP contribution < -0.4 is 5.32 Å². The average Bonchev–Trinajstić information content (AvgIpc) is 3.18. The van der Waals surface area contributed by atoms with Gasteiger partial charge in [0, 0.05) is 13.1 Å². The molecule has 1 aromatic carbocycles. The number of aromatic nitrogens is 3. The zero-order chi connectivity index (χ0) is 17.1. The van der Waals surface area contributed by atoms with E-state index in [9.17, 15) is 14.3 Å². The summed E-state index contributed by atoms with van der Waals surface area (Å²) in [6.45, 7) is 3.07. The van der Waals surface area contributed by atoms with Gasteiger partial charge < -0.3 is 15.3 Å². The highest BCUT2D eigenvalue weighted by atomic mass is 19.1. The fourth-order valence-corrected chi connectivity index (χ4v) is 3.01. The van der Waals surface area contributed by atoms with E-state index in [1.54, 1.807) is 16.8 Å². The Bertz CT molecular complexity index is 720. The van der Waals surface area contributed by atoms with Crippen LogP contribution in [0.3, 0.4) is 0 Å². The number of β-amino-alcohol motifs (C(OH)–C–C–N with tert-alkyl or cyclic N) is 1. The summed E-state index contributed by atoms with van der Waals surface area (Å²) in [6, 6.07) is 5.47. The highest BCUT2D eigenvalue weighted by Crippen LogP contribution is 2.32. The summed E-state index contributed by atoms with van der Waals surface area (Å²) in [5.74, 6) is 0.304. The summed E-state index contributed by atoms with van der Waals surface area (Å²) in [7, 11) is 0. The summed E-state index contributed by atoms with van der Waals surface area (Å²) >= 11 is 0. The number of carbonyl (C=O) groups is 1. The number of benzene rings is 1. The van der Waals surface area contributed by atoms with Gasteiger partial charge in [0.15, 0.2) is 0 Å². The van der Waals surface area contributed by atoms with Crippen molar-refractivity contribution < 1.29 is 14.3 Å². The molecule has 2 amide bonds. The van der Waals surface area contributed by atoms with Gasteiger partial charge in [0.2, 0.25) is 0 Å². The topological polar surface area (TPSA) is 83.3 Å². The van der Waals surface area contributed by atoms with Gasteiger partial charge in [-0.2, -0.15) is 5.10 Å². The number of carbonyl (C=O) groups excluding carboxylic acids is 1. The molecule has 2 aromatic rings. The summed E-state index contributed by atoms with van der Waals surface area (Å²) < 4.78 is 15.2.